The fourth-order valence-electron chi connectivity index (χ4n) is 0.836. The van der Waals surface area contributed by atoms with Gasteiger partial charge in [-0.05, 0) is 25.7 Å². The predicted molar refractivity (Wildman–Crippen MR) is 45.8 cm³/mol. The number of nitrogens with two attached hydrogens (primary N) is 2. The molecule has 0 heterocycles. The Hall–Kier alpha value is -0.0800. The average molecular weight is 144 g/mol. The molecule has 1 unspecified atom stereocenters. The summed E-state index contributed by atoms with van der Waals surface area (Å²) in [5, 5.41) is 0. The molecule has 0 spiro atoms. The molecule has 0 radical (unpaired) electrons. The van der Waals surface area contributed by atoms with E-state index in [0.29, 0.717) is 12.1 Å². The zero-order valence-corrected chi connectivity index (χ0v) is 7.14. The summed E-state index contributed by atoms with van der Waals surface area (Å²) in [4.78, 5) is 0. The summed E-state index contributed by atoms with van der Waals surface area (Å²) in [6.07, 6.45) is 4.28. The summed E-state index contributed by atoms with van der Waals surface area (Å²) in [7, 11) is 0. The minimum atomic E-state index is 0.359. The van der Waals surface area contributed by atoms with Crippen molar-refractivity contribution in [3.8, 4) is 0 Å². The van der Waals surface area contributed by atoms with Crippen molar-refractivity contribution in [1.82, 2.24) is 0 Å². The molecule has 0 amide bonds. The largest absolute Gasteiger partial charge is 0.328 e. The molecule has 2 atom stereocenters. The van der Waals surface area contributed by atoms with Gasteiger partial charge in [0, 0.05) is 12.1 Å². The molecule has 4 N–H and O–H groups in total. The van der Waals surface area contributed by atoms with E-state index >= 15 is 0 Å². The highest BCUT2D eigenvalue weighted by molar-refractivity contribution is 4.64. The van der Waals surface area contributed by atoms with Crippen LogP contribution in [0.2, 0.25) is 0 Å². The van der Waals surface area contributed by atoms with Gasteiger partial charge >= 0.3 is 0 Å². The van der Waals surface area contributed by atoms with Crippen molar-refractivity contribution in [3.05, 3.63) is 0 Å². The van der Waals surface area contributed by atoms with E-state index < -0.39 is 0 Å². The van der Waals surface area contributed by atoms with Gasteiger partial charge in [-0.25, -0.2) is 0 Å². The maximum atomic E-state index is 5.72. The lowest BCUT2D eigenvalue weighted by atomic mass is 10.0. The predicted octanol–water partition coefficient (Wildman–Crippen LogP) is 1.24. The Morgan fingerprint density at radius 3 is 1.40 bits per heavy atom. The van der Waals surface area contributed by atoms with Gasteiger partial charge in [-0.3, -0.25) is 0 Å². The average Bonchev–Trinajstić information content (AvgIpc) is 1.99. The van der Waals surface area contributed by atoms with Gasteiger partial charge in [0.2, 0.25) is 0 Å². The molecule has 10 heavy (non-hydrogen) atoms. The second-order valence-corrected chi connectivity index (χ2v) is 2.91. The molecular formula is C8H20N2. The molecule has 2 heteroatoms. The first kappa shape index (κ1) is 9.92. The van der Waals surface area contributed by atoms with Gasteiger partial charge < -0.3 is 11.5 Å². The van der Waals surface area contributed by atoms with Gasteiger partial charge in [0.15, 0.2) is 0 Å². The molecular weight excluding hydrogens is 124 g/mol. The molecule has 0 bridgehead atoms. The Bertz CT molecular complexity index is 63.7. The van der Waals surface area contributed by atoms with Crippen LogP contribution in [0.1, 0.15) is 39.5 Å². The molecule has 0 aromatic rings. The van der Waals surface area contributed by atoms with E-state index in [2.05, 4.69) is 13.8 Å². The van der Waals surface area contributed by atoms with Gasteiger partial charge in [-0.2, -0.15) is 0 Å². The van der Waals surface area contributed by atoms with Crippen LogP contribution in [0.25, 0.3) is 0 Å². The molecule has 2 nitrogen and oxygen atoms in total. The standard InChI is InChI=1S/C8H20N2/c1-3-7(9)5-6-8(10)4-2/h7-8H,3-6,9-10H2,1-2H3/t7-,8?/m0/s1. The van der Waals surface area contributed by atoms with E-state index in [1.807, 2.05) is 0 Å². The van der Waals surface area contributed by atoms with Crippen LogP contribution in [0.5, 0.6) is 0 Å². The summed E-state index contributed by atoms with van der Waals surface area (Å²) < 4.78 is 0. The third-order valence-corrected chi connectivity index (χ3v) is 1.96. The number of hydrogen-bond acceptors (Lipinski definition) is 2. The van der Waals surface area contributed by atoms with E-state index in [9.17, 15) is 0 Å². The fourth-order valence-corrected chi connectivity index (χ4v) is 0.836. The summed E-state index contributed by atoms with van der Waals surface area (Å²) in [6, 6.07) is 0.718. The van der Waals surface area contributed by atoms with Crippen LogP contribution in [0.4, 0.5) is 0 Å². The van der Waals surface area contributed by atoms with Crippen molar-refractivity contribution in [1.29, 1.82) is 0 Å². The molecule has 0 fully saturated rings. The van der Waals surface area contributed by atoms with Gasteiger partial charge in [-0.1, -0.05) is 13.8 Å². The first-order valence-corrected chi connectivity index (χ1v) is 4.21. The second kappa shape index (κ2) is 5.69. The zero-order valence-electron chi connectivity index (χ0n) is 7.14. The van der Waals surface area contributed by atoms with Crippen molar-refractivity contribution >= 4 is 0 Å². The maximum absolute atomic E-state index is 5.72. The Morgan fingerprint density at radius 1 is 0.900 bits per heavy atom. The SMILES string of the molecule is CCC(N)CC[C@@H](N)CC. The monoisotopic (exact) mass is 144 g/mol. The van der Waals surface area contributed by atoms with Crippen LogP contribution < -0.4 is 11.5 Å². The summed E-state index contributed by atoms with van der Waals surface area (Å²) in [5.74, 6) is 0. The number of rotatable bonds is 5. The van der Waals surface area contributed by atoms with Crippen molar-refractivity contribution in [3.63, 3.8) is 0 Å². The lowest BCUT2D eigenvalue weighted by Gasteiger charge is -2.11. The normalized spacial score (nSPS) is 16.8. The molecule has 0 rings (SSSR count). The summed E-state index contributed by atoms with van der Waals surface area (Å²) in [5.41, 5.74) is 11.4. The lowest BCUT2D eigenvalue weighted by molar-refractivity contribution is 0.502. The molecule has 0 saturated heterocycles. The van der Waals surface area contributed by atoms with Gasteiger partial charge in [0.05, 0.1) is 0 Å². The molecule has 0 saturated carbocycles. The molecule has 0 aromatic carbocycles. The minimum absolute atomic E-state index is 0.359. The number of hydrogen-bond donors (Lipinski definition) is 2. The van der Waals surface area contributed by atoms with Crippen molar-refractivity contribution in [2.24, 2.45) is 11.5 Å². The first-order valence-electron chi connectivity index (χ1n) is 4.21. The van der Waals surface area contributed by atoms with E-state index in [1.54, 1.807) is 0 Å². The Morgan fingerprint density at radius 2 is 1.20 bits per heavy atom. The second-order valence-electron chi connectivity index (χ2n) is 2.91. The first-order chi connectivity index (χ1) is 4.70. The molecule has 0 aromatic heterocycles. The third kappa shape index (κ3) is 4.77. The molecule has 62 valence electrons. The van der Waals surface area contributed by atoms with Crippen molar-refractivity contribution in [2.75, 3.05) is 0 Å². The lowest BCUT2D eigenvalue weighted by Crippen LogP contribution is -2.25. The molecule has 0 aliphatic carbocycles. The summed E-state index contributed by atoms with van der Waals surface area (Å²) in [6.45, 7) is 4.23. The van der Waals surface area contributed by atoms with E-state index in [4.69, 9.17) is 11.5 Å². The zero-order chi connectivity index (χ0) is 7.98. The molecule has 0 aliphatic rings. The van der Waals surface area contributed by atoms with Crippen LogP contribution in [0.15, 0.2) is 0 Å². The summed E-state index contributed by atoms with van der Waals surface area (Å²) >= 11 is 0. The van der Waals surface area contributed by atoms with E-state index in [-0.39, 0.29) is 0 Å². The van der Waals surface area contributed by atoms with Crippen LogP contribution in [-0.2, 0) is 0 Å². The Kier molecular flexibility index (Phi) is 5.64. The quantitative estimate of drug-likeness (QED) is 0.610. The highest BCUT2D eigenvalue weighted by Crippen LogP contribution is 2.02. The third-order valence-electron chi connectivity index (χ3n) is 1.96. The highest BCUT2D eigenvalue weighted by atomic mass is 14.6. The van der Waals surface area contributed by atoms with Crippen LogP contribution in [0, 0.1) is 0 Å². The minimum Gasteiger partial charge on any atom is -0.328 e. The fraction of sp³-hybridized carbons (Fsp3) is 1.00. The van der Waals surface area contributed by atoms with Crippen LogP contribution in [-0.4, -0.2) is 12.1 Å². The van der Waals surface area contributed by atoms with E-state index in [0.717, 1.165) is 25.7 Å². The Balaban J connectivity index is 3.17. The van der Waals surface area contributed by atoms with Crippen LogP contribution >= 0.6 is 0 Å². The van der Waals surface area contributed by atoms with E-state index in [1.165, 1.54) is 0 Å². The van der Waals surface area contributed by atoms with Gasteiger partial charge in [0.1, 0.15) is 0 Å². The maximum Gasteiger partial charge on any atom is 0.00367 e. The van der Waals surface area contributed by atoms with Gasteiger partial charge in [-0.15, -0.1) is 0 Å². The van der Waals surface area contributed by atoms with Crippen LogP contribution in [0.3, 0.4) is 0 Å². The Labute approximate surface area is 64.0 Å². The van der Waals surface area contributed by atoms with Gasteiger partial charge in [0.25, 0.3) is 0 Å². The smallest absolute Gasteiger partial charge is 0.00367 e. The topological polar surface area (TPSA) is 52.0 Å². The highest BCUT2D eigenvalue weighted by Gasteiger charge is 2.02. The van der Waals surface area contributed by atoms with Crippen molar-refractivity contribution < 1.29 is 0 Å². The van der Waals surface area contributed by atoms with Crippen molar-refractivity contribution in [2.45, 2.75) is 51.6 Å². The molecule has 0 aliphatic heterocycles.